The molecule has 0 aliphatic rings. The molecule has 4 heteroatoms. The summed E-state index contributed by atoms with van der Waals surface area (Å²) in [4.78, 5) is 0. The van der Waals surface area contributed by atoms with Crippen LogP contribution in [-0.4, -0.2) is 14.3 Å². The molecule has 0 bridgehead atoms. The molecule has 0 radical (unpaired) electrons. The molecule has 0 saturated heterocycles. The van der Waals surface area contributed by atoms with Crippen LogP contribution in [0, 0.1) is 0 Å². The van der Waals surface area contributed by atoms with Gasteiger partial charge in [0.2, 0.25) is 7.29 Å². The van der Waals surface area contributed by atoms with E-state index in [1.165, 1.54) is 5.19 Å². The number of rotatable bonds is 5. The number of nitrogens with zero attached hydrogens (tertiary/aromatic N) is 1. The molecule has 0 aliphatic carbocycles. The molecule has 26 heavy (non-hydrogen) atoms. The molecule has 0 unspecified atom stereocenters. The molecule has 3 rings (SSSR count). The van der Waals surface area contributed by atoms with E-state index in [1.807, 2.05) is 72.9 Å². The van der Waals surface area contributed by atoms with Gasteiger partial charge in [-0.1, -0.05) is 85.5 Å². The second-order valence-corrected chi connectivity index (χ2v) is 14.8. The van der Waals surface area contributed by atoms with Crippen LogP contribution in [0.25, 0.3) is 0 Å². The zero-order valence-corrected chi connectivity index (χ0v) is 17.4. The first-order valence-electron chi connectivity index (χ1n) is 8.78. The third-order valence-corrected chi connectivity index (χ3v) is 8.85. The average molecular weight is 378 g/mol. The molecule has 3 aromatic rings. The molecule has 132 valence electrons. The molecule has 0 aromatic heterocycles. The molecule has 0 fully saturated rings. The summed E-state index contributed by atoms with van der Waals surface area (Å²) in [5, 5.41) is 2.84. The van der Waals surface area contributed by atoms with Crippen molar-refractivity contribution in [1.82, 2.24) is 0 Å². The summed E-state index contributed by atoms with van der Waals surface area (Å²) in [5.74, 6) is 0. The summed E-state index contributed by atoms with van der Waals surface area (Å²) in [7, 11) is -4.59. The topological polar surface area (TPSA) is 29.4 Å². The SMILES string of the molecule is C[Si](C)(C)c1ccccc1/C=N/P(=O)(c1ccccc1)c1ccccc1. The molecular weight excluding hydrogens is 353 g/mol. The Morgan fingerprint density at radius 2 is 1.19 bits per heavy atom. The molecule has 0 heterocycles. The first kappa shape index (κ1) is 18.6. The van der Waals surface area contributed by atoms with E-state index in [-0.39, 0.29) is 0 Å². The Hall–Kier alpha value is -2.22. The Labute approximate surface area is 157 Å². The van der Waals surface area contributed by atoms with E-state index in [0.29, 0.717) is 0 Å². The Morgan fingerprint density at radius 3 is 1.69 bits per heavy atom. The maximum Gasteiger partial charge on any atom is 0.247 e. The van der Waals surface area contributed by atoms with Crippen LogP contribution in [0.1, 0.15) is 5.56 Å². The van der Waals surface area contributed by atoms with Crippen molar-refractivity contribution in [1.29, 1.82) is 0 Å². The highest BCUT2D eigenvalue weighted by Crippen LogP contribution is 2.44. The summed E-state index contributed by atoms with van der Waals surface area (Å²) in [6.07, 6.45) is 1.81. The maximum atomic E-state index is 14.0. The zero-order valence-electron chi connectivity index (χ0n) is 15.5. The van der Waals surface area contributed by atoms with Crippen molar-refractivity contribution in [2.45, 2.75) is 19.6 Å². The average Bonchev–Trinajstić information content (AvgIpc) is 2.67. The Bertz CT molecular complexity index is 903. The van der Waals surface area contributed by atoms with Gasteiger partial charge in [0.05, 0.1) is 8.07 Å². The van der Waals surface area contributed by atoms with Crippen LogP contribution in [0.2, 0.25) is 19.6 Å². The van der Waals surface area contributed by atoms with Gasteiger partial charge in [-0.05, 0) is 29.8 Å². The van der Waals surface area contributed by atoms with E-state index >= 15 is 0 Å². The Balaban J connectivity index is 2.12. The minimum atomic E-state index is -3.08. The van der Waals surface area contributed by atoms with Crippen LogP contribution < -0.4 is 15.8 Å². The minimum Gasteiger partial charge on any atom is -0.288 e. The lowest BCUT2D eigenvalue weighted by Gasteiger charge is -2.20. The van der Waals surface area contributed by atoms with Gasteiger partial charge < -0.3 is 0 Å². The van der Waals surface area contributed by atoms with Gasteiger partial charge in [0.25, 0.3) is 0 Å². The lowest BCUT2D eigenvalue weighted by atomic mass is 10.2. The molecule has 0 saturated carbocycles. The fraction of sp³-hybridized carbons (Fsp3) is 0.136. The molecule has 3 aromatic carbocycles. The summed E-state index contributed by atoms with van der Waals surface area (Å²) >= 11 is 0. The van der Waals surface area contributed by atoms with Crippen LogP contribution in [0.3, 0.4) is 0 Å². The van der Waals surface area contributed by atoms with Crippen LogP contribution in [0.4, 0.5) is 0 Å². The normalized spacial score (nSPS) is 12.4. The standard InChI is InChI=1S/C22H24NOPSi/c1-26(2,3)22-17-11-10-12-19(22)18-23-25(24,20-13-6-4-7-14-20)21-15-8-5-9-16-21/h4-18H,1-3H3/b23-18+. The van der Waals surface area contributed by atoms with Crippen LogP contribution in [0.15, 0.2) is 89.7 Å². The van der Waals surface area contributed by atoms with Crippen molar-refractivity contribution in [3.8, 4) is 0 Å². The highest BCUT2D eigenvalue weighted by Gasteiger charge is 2.26. The monoisotopic (exact) mass is 377 g/mol. The van der Waals surface area contributed by atoms with E-state index in [9.17, 15) is 4.57 Å². The van der Waals surface area contributed by atoms with Gasteiger partial charge in [-0.25, -0.2) is 4.76 Å². The van der Waals surface area contributed by atoms with E-state index in [0.717, 1.165) is 16.2 Å². The summed E-state index contributed by atoms with van der Waals surface area (Å²) in [6, 6.07) is 27.4. The smallest absolute Gasteiger partial charge is 0.247 e. The molecule has 2 nitrogen and oxygen atoms in total. The fourth-order valence-corrected chi connectivity index (χ4v) is 6.59. The number of hydrogen-bond donors (Lipinski definition) is 0. The fourth-order valence-electron chi connectivity index (χ4n) is 2.98. The van der Waals surface area contributed by atoms with Crippen LogP contribution in [0.5, 0.6) is 0 Å². The lowest BCUT2D eigenvalue weighted by molar-refractivity contribution is 0.588. The van der Waals surface area contributed by atoms with Gasteiger partial charge in [0.1, 0.15) is 0 Å². The van der Waals surface area contributed by atoms with Crippen molar-refractivity contribution in [3.63, 3.8) is 0 Å². The Morgan fingerprint density at radius 1 is 0.731 bits per heavy atom. The summed E-state index contributed by atoms with van der Waals surface area (Å²) in [6.45, 7) is 6.94. The first-order valence-corrected chi connectivity index (χ1v) is 13.9. The third kappa shape index (κ3) is 3.95. The van der Waals surface area contributed by atoms with Gasteiger partial charge >= 0.3 is 0 Å². The second kappa shape index (κ2) is 7.57. The van der Waals surface area contributed by atoms with E-state index < -0.39 is 15.4 Å². The maximum absolute atomic E-state index is 14.0. The zero-order chi connectivity index (χ0) is 18.6. The van der Waals surface area contributed by atoms with Gasteiger partial charge in [0.15, 0.2) is 0 Å². The molecular formula is C22H24NOPSi. The van der Waals surface area contributed by atoms with Gasteiger partial charge in [-0.2, -0.15) is 0 Å². The molecule has 0 atom stereocenters. The predicted octanol–water partition coefficient (Wildman–Crippen LogP) is 4.58. The lowest BCUT2D eigenvalue weighted by Crippen LogP contribution is -2.40. The molecule has 0 aliphatic heterocycles. The summed E-state index contributed by atoms with van der Waals surface area (Å²) < 4.78 is 18.7. The van der Waals surface area contributed by atoms with Crippen molar-refractivity contribution in [3.05, 3.63) is 90.5 Å². The highest BCUT2D eigenvalue weighted by molar-refractivity contribution is 7.77. The van der Waals surface area contributed by atoms with Crippen molar-refractivity contribution < 1.29 is 4.57 Å². The predicted molar refractivity (Wildman–Crippen MR) is 117 cm³/mol. The highest BCUT2D eigenvalue weighted by atomic mass is 31.2. The van der Waals surface area contributed by atoms with Crippen LogP contribution in [-0.2, 0) is 4.57 Å². The largest absolute Gasteiger partial charge is 0.288 e. The van der Waals surface area contributed by atoms with Gasteiger partial charge in [-0.15, -0.1) is 0 Å². The van der Waals surface area contributed by atoms with Gasteiger partial charge in [0, 0.05) is 16.8 Å². The van der Waals surface area contributed by atoms with E-state index in [1.54, 1.807) is 0 Å². The summed E-state index contributed by atoms with van der Waals surface area (Å²) in [5.41, 5.74) is 1.07. The second-order valence-electron chi connectivity index (χ2n) is 7.33. The number of benzene rings is 3. The quantitative estimate of drug-likeness (QED) is 0.364. The van der Waals surface area contributed by atoms with E-state index in [2.05, 4.69) is 37.8 Å². The van der Waals surface area contributed by atoms with Gasteiger partial charge in [-0.3, -0.25) is 4.57 Å². The number of hydrogen-bond acceptors (Lipinski definition) is 1. The van der Waals surface area contributed by atoms with Crippen LogP contribution >= 0.6 is 7.29 Å². The van der Waals surface area contributed by atoms with E-state index in [4.69, 9.17) is 4.76 Å². The molecule has 0 spiro atoms. The molecule has 0 N–H and O–H groups in total. The van der Waals surface area contributed by atoms with Crippen molar-refractivity contribution in [2.24, 2.45) is 4.76 Å². The molecule has 0 amide bonds. The minimum absolute atomic E-state index is 0.757. The van der Waals surface area contributed by atoms with Crippen molar-refractivity contribution in [2.75, 3.05) is 0 Å². The first-order chi connectivity index (χ1) is 12.4. The Kier molecular flexibility index (Phi) is 5.40. The third-order valence-electron chi connectivity index (χ3n) is 4.34. The van der Waals surface area contributed by atoms with Crippen molar-refractivity contribution >= 4 is 37.4 Å².